The maximum Gasteiger partial charge on any atom is 0.227 e. The molecule has 2 heterocycles. The van der Waals surface area contributed by atoms with Gasteiger partial charge in [-0.25, -0.2) is 0 Å². The summed E-state index contributed by atoms with van der Waals surface area (Å²) in [6.45, 7) is 10.1. The number of nitrogens with one attached hydrogen (secondary N) is 2. The summed E-state index contributed by atoms with van der Waals surface area (Å²) in [5.41, 5.74) is -0.244. The van der Waals surface area contributed by atoms with Crippen molar-refractivity contribution >= 4 is 5.91 Å². The molecule has 0 bridgehead atoms. The molecule has 2 saturated heterocycles. The molecule has 0 aromatic carbocycles. The van der Waals surface area contributed by atoms with Crippen molar-refractivity contribution in [3.8, 4) is 0 Å². The summed E-state index contributed by atoms with van der Waals surface area (Å²) in [4.78, 5) is 14.3. The van der Waals surface area contributed by atoms with Gasteiger partial charge in [0.05, 0.1) is 0 Å². The predicted molar refractivity (Wildman–Crippen MR) is 82.7 cm³/mol. The van der Waals surface area contributed by atoms with Gasteiger partial charge in [-0.3, -0.25) is 4.79 Å². The molecule has 0 spiro atoms. The molecule has 0 aromatic heterocycles. The lowest BCUT2D eigenvalue weighted by molar-refractivity contribution is -0.140. The van der Waals surface area contributed by atoms with Gasteiger partial charge < -0.3 is 15.5 Å². The number of rotatable bonds is 3. The highest BCUT2D eigenvalue weighted by Crippen LogP contribution is 2.21. The van der Waals surface area contributed by atoms with Gasteiger partial charge in [0.1, 0.15) is 0 Å². The average molecular weight is 281 g/mol. The van der Waals surface area contributed by atoms with Gasteiger partial charge in [-0.1, -0.05) is 27.2 Å². The fraction of sp³-hybridized carbons (Fsp3) is 0.938. The zero-order valence-corrected chi connectivity index (χ0v) is 13.4. The number of carbonyl (C=O) groups is 1. The van der Waals surface area contributed by atoms with E-state index in [1.165, 1.54) is 25.8 Å². The molecule has 2 aliphatic rings. The SMILES string of the molecule is CC(C)(C)C(=O)N1CCC(NCC2CCCCN2)CC1. The lowest BCUT2D eigenvalue weighted by atomic mass is 9.93. The molecule has 4 nitrogen and oxygen atoms in total. The van der Waals surface area contributed by atoms with E-state index in [4.69, 9.17) is 0 Å². The molecule has 4 heteroatoms. The Bertz CT molecular complexity index is 310. The van der Waals surface area contributed by atoms with Gasteiger partial charge in [0.15, 0.2) is 0 Å². The van der Waals surface area contributed by atoms with Crippen molar-refractivity contribution in [2.75, 3.05) is 26.2 Å². The van der Waals surface area contributed by atoms with Crippen LogP contribution in [0.1, 0.15) is 52.9 Å². The maximum atomic E-state index is 12.2. The van der Waals surface area contributed by atoms with Crippen LogP contribution in [-0.2, 0) is 4.79 Å². The molecule has 2 N–H and O–H groups in total. The lowest BCUT2D eigenvalue weighted by Gasteiger charge is -2.36. The van der Waals surface area contributed by atoms with Gasteiger partial charge in [-0.2, -0.15) is 0 Å². The van der Waals surface area contributed by atoms with Gasteiger partial charge in [0.2, 0.25) is 5.91 Å². The first kappa shape index (κ1) is 15.8. The van der Waals surface area contributed by atoms with E-state index in [-0.39, 0.29) is 5.41 Å². The van der Waals surface area contributed by atoms with Crippen LogP contribution in [0.25, 0.3) is 0 Å². The van der Waals surface area contributed by atoms with Crippen molar-refractivity contribution in [2.45, 2.75) is 65.0 Å². The summed E-state index contributed by atoms with van der Waals surface area (Å²) in [5.74, 6) is 0.296. The highest BCUT2D eigenvalue weighted by molar-refractivity contribution is 5.81. The minimum Gasteiger partial charge on any atom is -0.342 e. The molecule has 0 aromatic rings. The van der Waals surface area contributed by atoms with Crippen LogP contribution in [-0.4, -0.2) is 49.1 Å². The number of likely N-dealkylation sites (tertiary alicyclic amines) is 1. The minimum absolute atomic E-state index is 0.244. The Morgan fingerprint density at radius 1 is 1.20 bits per heavy atom. The highest BCUT2D eigenvalue weighted by Gasteiger charge is 2.30. The van der Waals surface area contributed by atoms with E-state index in [1.807, 2.05) is 25.7 Å². The second-order valence-corrected chi connectivity index (χ2v) is 7.37. The van der Waals surface area contributed by atoms with Crippen LogP contribution >= 0.6 is 0 Å². The Balaban J connectivity index is 1.67. The van der Waals surface area contributed by atoms with E-state index in [0.717, 1.165) is 32.5 Å². The van der Waals surface area contributed by atoms with E-state index < -0.39 is 0 Å². The molecule has 2 aliphatic heterocycles. The van der Waals surface area contributed by atoms with Crippen molar-refractivity contribution in [2.24, 2.45) is 5.41 Å². The molecule has 2 rings (SSSR count). The molecule has 0 saturated carbocycles. The summed E-state index contributed by atoms with van der Waals surface area (Å²) in [5, 5.41) is 7.27. The van der Waals surface area contributed by atoms with Crippen LogP contribution in [0.2, 0.25) is 0 Å². The first-order chi connectivity index (χ1) is 9.47. The summed E-state index contributed by atoms with van der Waals surface area (Å²) >= 11 is 0. The summed E-state index contributed by atoms with van der Waals surface area (Å²) in [7, 11) is 0. The first-order valence-electron chi connectivity index (χ1n) is 8.23. The number of piperidine rings is 2. The number of hydrogen-bond acceptors (Lipinski definition) is 3. The number of nitrogens with zero attached hydrogens (tertiary/aromatic N) is 1. The van der Waals surface area contributed by atoms with E-state index in [0.29, 0.717) is 18.0 Å². The second-order valence-electron chi connectivity index (χ2n) is 7.37. The van der Waals surface area contributed by atoms with E-state index >= 15 is 0 Å². The van der Waals surface area contributed by atoms with Crippen molar-refractivity contribution in [3.63, 3.8) is 0 Å². The molecule has 0 radical (unpaired) electrons. The monoisotopic (exact) mass is 281 g/mol. The Morgan fingerprint density at radius 2 is 1.90 bits per heavy atom. The normalized spacial score (nSPS) is 25.8. The standard InChI is InChI=1S/C16H31N3O/c1-16(2,3)15(20)19-10-7-13(8-11-19)18-12-14-6-4-5-9-17-14/h13-14,17-18H,4-12H2,1-3H3. The second kappa shape index (κ2) is 6.90. The number of amides is 1. The maximum absolute atomic E-state index is 12.2. The molecule has 116 valence electrons. The van der Waals surface area contributed by atoms with Crippen molar-refractivity contribution in [1.82, 2.24) is 15.5 Å². The summed E-state index contributed by atoms with van der Waals surface area (Å²) in [6.07, 6.45) is 6.17. The van der Waals surface area contributed by atoms with Crippen LogP contribution < -0.4 is 10.6 Å². The zero-order chi connectivity index (χ0) is 14.6. The Kier molecular flexibility index (Phi) is 5.44. The van der Waals surface area contributed by atoms with Crippen molar-refractivity contribution in [1.29, 1.82) is 0 Å². The third-order valence-electron chi connectivity index (χ3n) is 4.49. The summed E-state index contributed by atoms with van der Waals surface area (Å²) < 4.78 is 0. The van der Waals surface area contributed by atoms with Crippen molar-refractivity contribution < 1.29 is 4.79 Å². The number of carbonyl (C=O) groups excluding carboxylic acids is 1. The fourth-order valence-corrected chi connectivity index (χ4v) is 3.17. The average Bonchev–Trinajstić information content (AvgIpc) is 2.45. The molecular weight excluding hydrogens is 250 g/mol. The van der Waals surface area contributed by atoms with Crippen LogP contribution in [0.3, 0.4) is 0 Å². The van der Waals surface area contributed by atoms with E-state index in [1.54, 1.807) is 0 Å². The van der Waals surface area contributed by atoms with Crippen LogP contribution in [0.5, 0.6) is 0 Å². The number of hydrogen-bond donors (Lipinski definition) is 2. The molecule has 1 atom stereocenters. The molecule has 1 amide bonds. The van der Waals surface area contributed by atoms with Gasteiger partial charge in [0, 0.05) is 37.1 Å². The van der Waals surface area contributed by atoms with E-state index in [9.17, 15) is 4.79 Å². The molecular formula is C16H31N3O. The van der Waals surface area contributed by atoms with Gasteiger partial charge >= 0.3 is 0 Å². The topological polar surface area (TPSA) is 44.4 Å². The highest BCUT2D eigenvalue weighted by atomic mass is 16.2. The third-order valence-corrected chi connectivity index (χ3v) is 4.49. The zero-order valence-electron chi connectivity index (χ0n) is 13.4. The lowest BCUT2D eigenvalue weighted by Crippen LogP contribution is -2.50. The van der Waals surface area contributed by atoms with Gasteiger partial charge in [-0.05, 0) is 32.2 Å². The Morgan fingerprint density at radius 3 is 2.45 bits per heavy atom. The van der Waals surface area contributed by atoms with Gasteiger partial charge in [-0.15, -0.1) is 0 Å². The smallest absolute Gasteiger partial charge is 0.227 e. The van der Waals surface area contributed by atoms with Crippen molar-refractivity contribution in [3.05, 3.63) is 0 Å². The van der Waals surface area contributed by atoms with Gasteiger partial charge in [0.25, 0.3) is 0 Å². The molecule has 0 aliphatic carbocycles. The summed E-state index contributed by atoms with van der Waals surface area (Å²) in [6, 6.07) is 1.24. The van der Waals surface area contributed by atoms with E-state index in [2.05, 4.69) is 10.6 Å². The molecule has 2 fully saturated rings. The molecule has 1 unspecified atom stereocenters. The van der Waals surface area contributed by atoms with Crippen LogP contribution in [0.4, 0.5) is 0 Å². The fourth-order valence-electron chi connectivity index (χ4n) is 3.17. The predicted octanol–water partition coefficient (Wildman–Crippen LogP) is 1.76. The first-order valence-corrected chi connectivity index (χ1v) is 8.23. The minimum atomic E-state index is -0.244. The Hall–Kier alpha value is -0.610. The van der Waals surface area contributed by atoms with Crippen LogP contribution in [0.15, 0.2) is 0 Å². The third kappa shape index (κ3) is 4.45. The Labute approximate surface area is 123 Å². The molecule has 20 heavy (non-hydrogen) atoms. The quantitative estimate of drug-likeness (QED) is 0.828. The van der Waals surface area contributed by atoms with Crippen LogP contribution in [0, 0.1) is 5.41 Å². The largest absolute Gasteiger partial charge is 0.342 e.